The number of fused-ring (bicyclic) bond motifs is 1. The molecule has 0 spiro atoms. The summed E-state index contributed by atoms with van der Waals surface area (Å²) in [4.78, 5) is 15.4. The number of hydrazone groups is 1. The van der Waals surface area contributed by atoms with Crippen LogP contribution in [0.5, 0.6) is 5.75 Å². The van der Waals surface area contributed by atoms with Gasteiger partial charge in [0, 0.05) is 18.0 Å². The quantitative estimate of drug-likeness (QED) is 0.543. The maximum absolute atomic E-state index is 10.9. The van der Waals surface area contributed by atoms with Crippen LogP contribution in [0.2, 0.25) is 0 Å². The number of rotatable bonds is 6. The molecule has 1 heterocycles. The van der Waals surface area contributed by atoms with Crippen LogP contribution in [-0.2, 0) is 11.2 Å². The third-order valence-corrected chi connectivity index (χ3v) is 4.59. The Kier molecular flexibility index (Phi) is 4.95. The number of nitrogens with one attached hydrogen (secondary N) is 1. The Morgan fingerprint density at radius 1 is 1.32 bits per heavy atom. The summed E-state index contributed by atoms with van der Waals surface area (Å²) in [6.07, 6.45) is -0.213. The fraction of sp³-hybridized carbons (Fsp3) is 0.167. The maximum atomic E-state index is 10.9. The zero-order valence-corrected chi connectivity index (χ0v) is 14.6. The van der Waals surface area contributed by atoms with Gasteiger partial charge in [-0.25, -0.2) is 4.98 Å². The molecule has 3 rings (SSSR count). The van der Waals surface area contributed by atoms with Crippen LogP contribution in [0.4, 0.5) is 5.13 Å². The van der Waals surface area contributed by atoms with Crippen LogP contribution < -0.4 is 15.3 Å². The van der Waals surface area contributed by atoms with E-state index in [1.165, 1.54) is 18.4 Å². The second kappa shape index (κ2) is 7.31. The van der Waals surface area contributed by atoms with Crippen LogP contribution in [0.3, 0.4) is 0 Å². The summed E-state index contributed by atoms with van der Waals surface area (Å²) < 4.78 is 6.27. The normalized spacial score (nSPS) is 11.5. The number of para-hydroxylation sites is 1. The van der Waals surface area contributed by atoms with E-state index in [1.807, 2.05) is 37.3 Å². The summed E-state index contributed by atoms with van der Waals surface area (Å²) in [5, 5.41) is 15.9. The minimum atomic E-state index is -1.15. The van der Waals surface area contributed by atoms with Crippen molar-refractivity contribution in [3.8, 4) is 5.75 Å². The Bertz CT molecular complexity index is 917. The van der Waals surface area contributed by atoms with Gasteiger partial charge in [0.2, 0.25) is 5.13 Å². The monoisotopic (exact) mass is 354 g/mol. The molecule has 0 aliphatic carbocycles. The molecule has 128 valence electrons. The lowest BCUT2D eigenvalue weighted by molar-refractivity contribution is -0.304. The highest BCUT2D eigenvalue weighted by atomic mass is 32.1. The lowest BCUT2D eigenvalue weighted by Gasteiger charge is -2.11. The molecule has 2 aromatic carbocycles. The number of aliphatic carboxylic acids is 1. The van der Waals surface area contributed by atoms with E-state index in [2.05, 4.69) is 15.5 Å². The molecular weight excluding hydrogens is 338 g/mol. The number of methoxy groups -OCH3 is 1. The molecule has 3 aromatic rings. The number of aromatic nitrogens is 1. The van der Waals surface area contributed by atoms with Gasteiger partial charge in [-0.2, -0.15) is 5.10 Å². The Balaban J connectivity index is 1.82. The molecule has 0 atom stereocenters. The number of carbonyl (C=O) groups excluding carboxylic acids is 1. The van der Waals surface area contributed by atoms with Crippen molar-refractivity contribution in [2.75, 3.05) is 12.5 Å². The highest BCUT2D eigenvalue weighted by molar-refractivity contribution is 7.22. The molecule has 0 aliphatic heterocycles. The van der Waals surface area contributed by atoms with Crippen LogP contribution >= 0.6 is 11.3 Å². The van der Waals surface area contributed by atoms with Crippen LogP contribution in [0.25, 0.3) is 10.2 Å². The first kappa shape index (κ1) is 16.9. The van der Waals surface area contributed by atoms with E-state index in [1.54, 1.807) is 12.1 Å². The van der Waals surface area contributed by atoms with Crippen molar-refractivity contribution in [2.24, 2.45) is 5.10 Å². The number of hydrogen-bond acceptors (Lipinski definition) is 7. The molecule has 0 radical (unpaired) electrons. The van der Waals surface area contributed by atoms with Crippen LogP contribution in [-0.4, -0.2) is 23.8 Å². The van der Waals surface area contributed by atoms with E-state index in [-0.39, 0.29) is 6.42 Å². The van der Waals surface area contributed by atoms with Gasteiger partial charge in [-0.05, 0) is 42.8 Å². The van der Waals surface area contributed by atoms with E-state index in [4.69, 9.17) is 4.74 Å². The van der Waals surface area contributed by atoms with E-state index < -0.39 is 5.97 Å². The smallest absolute Gasteiger partial charge is 0.204 e. The summed E-state index contributed by atoms with van der Waals surface area (Å²) >= 11 is 1.52. The zero-order valence-electron chi connectivity index (χ0n) is 13.8. The molecule has 1 N–H and O–H groups in total. The number of carbonyl (C=O) groups is 1. The third-order valence-electron chi connectivity index (χ3n) is 3.65. The average molecular weight is 354 g/mol. The molecule has 0 bridgehead atoms. The number of hydrogen-bond donors (Lipinski definition) is 1. The Morgan fingerprint density at radius 3 is 2.84 bits per heavy atom. The molecule has 0 unspecified atom stereocenters. The molecule has 6 nitrogen and oxygen atoms in total. The Hall–Kier alpha value is -2.93. The van der Waals surface area contributed by atoms with Crippen molar-refractivity contribution in [1.29, 1.82) is 0 Å². The standard InChI is InChI=1S/C18H17N3O3S/c1-11(12-7-8-15(24-2)13(9-12)10-17(22)23)20-21-18-19-14-5-3-4-6-16(14)25-18/h3-9H,10H2,1-2H3,(H,19,21)(H,22,23)/p-1/b20-11-. The number of nitrogens with zero attached hydrogens (tertiary/aromatic N) is 2. The van der Waals surface area contributed by atoms with E-state index in [0.717, 1.165) is 15.8 Å². The topological polar surface area (TPSA) is 86.6 Å². The number of carboxylic acid groups (broad SMARTS) is 1. The van der Waals surface area contributed by atoms with Gasteiger partial charge >= 0.3 is 0 Å². The minimum absolute atomic E-state index is 0.213. The third kappa shape index (κ3) is 3.95. The molecular formula is C18H16N3O3S-. The molecule has 0 fully saturated rings. The number of benzene rings is 2. The Labute approximate surface area is 148 Å². The van der Waals surface area contributed by atoms with Gasteiger partial charge in [0.25, 0.3) is 0 Å². The van der Waals surface area contributed by atoms with Crippen LogP contribution in [0, 0.1) is 0 Å². The first-order chi connectivity index (χ1) is 12.1. The summed E-state index contributed by atoms with van der Waals surface area (Å²) in [6.45, 7) is 1.84. The Morgan fingerprint density at radius 2 is 2.12 bits per heavy atom. The van der Waals surface area contributed by atoms with Gasteiger partial charge in [0.15, 0.2) is 0 Å². The minimum Gasteiger partial charge on any atom is -0.550 e. The van der Waals surface area contributed by atoms with Crippen molar-refractivity contribution >= 4 is 38.4 Å². The number of anilines is 1. The van der Waals surface area contributed by atoms with Crippen molar-refractivity contribution in [2.45, 2.75) is 13.3 Å². The largest absolute Gasteiger partial charge is 0.550 e. The fourth-order valence-corrected chi connectivity index (χ4v) is 3.22. The molecule has 0 saturated carbocycles. The maximum Gasteiger partial charge on any atom is 0.204 e. The average Bonchev–Trinajstić information content (AvgIpc) is 3.02. The SMILES string of the molecule is COc1ccc(/C(C)=N\Nc2nc3ccccc3s2)cc1CC(=O)[O-]. The summed E-state index contributed by atoms with van der Waals surface area (Å²) in [7, 11) is 1.50. The summed E-state index contributed by atoms with van der Waals surface area (Å²) in [5.41, 5.74) is 5.93. The lowest BCUT2D eigenvalue weighted by atomic mass is 10.0. The van der Waals surface area contributed by atoms with E-state index in [9.17, 15) is 9.90 Å². The van der Waals surface area contributed by atoms with Gasteiger partial charge in [0.1, 0.15) is 5.75 Å². The fourth-order valence-electron chi connectivity index (χ4n) is 2.41. The predicted octanol–water partition coefficient (Wildman–Crippen LogP) is 2.43. The molecule has 0 saturated heterocycles. The molecule has 0 amide bonds. The van der Waals surface area contributed by atoms with E-state index in [0.29, 0.717) is 22.2 Å². The summed E-state index contributed by atoms with van der Waals surface area (Å²) in [5.74, 6) is -0.641. The number of ether oxygens (including phenoxy) is 1. The van der Waals surface area contributed by atoms with Crippen molar-refractivity contribution in [3.63, 3.8) is 0 Å². The van der Waals surface area contributed by atoms with Gasteiger partial charge in [-0.15, -0.1) is 0 Å². The van der Waals surface area contributed by atoms with Gasteiger partial charge in [-0.3, -0.25) is 5.43 Å². The molecule has 7 heteroatoms. The first-order valence-corrected chi connectivity index (χ1v) is 8.41. The number of thiazole rings is 1. The number of carboxylic acids is 1. The zero-order chi connectivity index (χ0) is 17.8. The van der Waals surface area contributed by atoms with Gasteiger partial charge in [0.05, 0.1) is 23.0 Å². The van der Waals surface area contributed by atoms with Crippen molar-refractivity contribution in [3.05, 3.63) is 53.6 Å². The van der Waals surface area contributed by atoms with Crippen LogP contribution in [0.15, 0.2) is 47.6 Å². The van der Waals surface area contributed by atoms with Gasteiger partial charge in [-0.1, -0.05) is 23.5 Å². The molecule has 1 aromatic heterocycles. The lowest BCUT2D eigenvalue weighted by Crippen LogP contribution is -2.24. The van der Waals surface area contributed by atoms with Gasteiger partial charge < -0.3 is 14.6 Å². The second-order valence-corrected chi connectivity index (χ2v) is 6.40. The highest BCUT2D eigenvalue weighted by Gasteiger charge is 2.08. The first-order valence-electron chi connectivity index (χ1n) is 7.60. The van der Waals surface area contributed by atoms with Crippen LogP contribution in [0.1, 0.15) is 18.1 Å². The predicted molar refractivity (Wildman–Crippen MR) is 97.2 cm³/mol. The van der Waals surface area contributed by atoms with E-state index >= 15 is 0 Å². The highest BCUT2D eigenvalue weighted by Crippen LogP contribution is 2.25. The van der Waals surface area contributed by atoms with Crippen molar-refractivity contribution in [1.82, 2.24) is 4.98 Å². The molecule has 0 aliphatic rings. The second-order valence-electron chi connectivity index (χ2n) is 5.37. The summed E-state index contributed by atoms with van der Waals surface area (Å²) in [6, 6.07) is 13.2. The van der Waals surface area contributed by atoms with Crippen molar-refractivity contribution < 1.29 is 14.6 Å². The molecule has 25 heavy (non-hydrogen) atoms.